The van der Waals surface area contributed by atoms with Crippen LogP contribution < -0.4 is 0 Å². The third kappa shape index (κ3) is 9.25. The summed E-state index contributed by atoms with van der Waals surface area (Å²) in [5.74, 6) is -0.642. The number of carboxylic acids is 1. The number of unbranched alkanes of at least 4 members (excludes halogenated alkanes) is 1. The normalized spacial score (nSPS) is 12.1. The second-order valence-corrected chi connectivity index (χ2v) is 3.80. The van der Waals surface area contributed by atoms with Gasteiger partial charge in [-0.1, -0.05) is 20.3 Å². The number of ether oxygens (including phenoxy) is 1. The van der Waals surface area contributed by atoms with Crippen LogP contribution >= 0.6 is 0 Å². The molecular formula is C11H20O4. The van der Waals surface area contributed by atoms with Crippen molar-refractivity contribution in [2.24, 2.45) is 5.92 Å². The third-order valence-electron chi connectivity index (χ3n) is 2.25. The molecule has 0 heterocycles. The molecule has 1 unspecified atom stereocenters. The van der Waals surface area contributed by atoms with E-state index in [1.807, 2.05) is 13.8 Å². The van der Waals surface area contributed by atoms with Crippen LogP contribution in [0.1, 0.15) is 46.0 Å². The number of carbonyl (C=O) groups excluding carboxylic acids is 1. The lowest BCUT2D eigenvalue weighted by atomic mass is 10.1. The molecular weight excluding hydrogens is 196 g/mol. The third-order valence-corrected chi connectivity index (χ3v) is 2.25. The van der Waals surface area contributed by atoms with Crippen LogP contribution in [0.25, 0.3) is 0 Å². The molecule has 15 heavy (non-hydrogen) atoms. The fraction of sp³-hybridized carbons (Fsp3) is 0.818. The highest BCUT2D eigenvalue weighted by Gasteiger charge is 2.06. The van der Waals surface area contributed by atoms with E-state index in [4.69, 9.17) is 9.84 Å². The Morgan fingerprint density at radius 2 is 1.87 bits per heavy atom. The van der Waals surface area contributed by atoms with E-state index in [1.54, 1.807) is 0 Å². The number of carboxylic acid groups (broad SMARTS) is 1. The van der Waals surface area contributed by atoms with Crippen molar-refractivity contribution in [1.82, 2.24) is 0 Å². The van der Waals surface area contributed by atoms with E-state index in [0.29, 0.717) is 31.8 Å². The minimum absolute atomic E-state index is 0.124. The van der Waals surface area contributed by atoms with Gasteiger partial charge in [0.2, 0.25) is 0 Å². The number of esters is 1. The number of hydrogen-bond donors (Lipinski definition) is 1. The molecule has 1 N–H and O–H groups in total. The maximum Gasteiger partial charge on any atom is 0.305 e. The van der Waals surface area contributed by atoms with Gasteiger partial charge in [0.1, 0.15) is 0 Å². The fourth-order valence-electron chi connectivity index (χ4n) is 0.971. The number of carbonyl (C=O) groups is 2. The first-order valence-corrected chi connectivity index (χ1v) is 5.43. The molecule has 0 aromatic rings. The molecule has 0 radical (unpaired) electrons. The molecule has 1 atom stereocenters. The van der Waals surface area contributed by atoms with Crippen molar-refractivity contribution in [1.29, 1.82) is 0 Å². The zero-order valence-corrected chi connectivity index (χ0v) is 9.49. The quantitative estimate of drug-likeness (QED) is 0.499. The zero-order chi connectivity index (χ0) is 11.7. The van der Waals surface area contributed by atoms with Gasteiger partial charge in [0, 0.05) is 12.8 Å². The zero-order valence-electron chi connectivity index (χ0n) is 9.49. The Morgan fingerprint density at radius 3 is 2.40 bits per heavy atom. The molecule has 88 valence electrons. The average Bonchev–Trinajstić information content (AvgIpc) is 2.20. The van der Waals surface area contributed by atoms with E-state index in [-0.39, 0.29) is 12.4 Å². The van der Waals surface area contributed by atoms with Gasteiger partial charge in [0.25, 0.3) is 0 Å². The van der Waals surface area contributed by atoms with E-state index < -0.39 is 5.97 Å². The summed E-state index contributed by atoms with van der Waals surface area (Å²) in [5.41, 5.74) is 0. The molecule has 0 saturated carbocycles. The van der Waals surface area contributed by atoms with Gasteiger partial charge in [-0.15, -0.1) is 0 Å². The predicted molar refractivity (Wildman–Crippen MR) is 56.5 cm³/mol. The van der Waals surface area contributed by atoms with Crippen LogP contribution in [-0.2, 0) is 14.3 Å². The summed E-state index contributed by atoms with van der Waals surface area (Å²) in [6, 6.07) is 0. The maximum absolute atomic E-state index is 11.1. The topological polar surface area (TPSA) is 63.6 Å². The monoisotopic (exact) mass is 216 g/mol. The first kappa shape index (κ1) is 13.9. The Bertz CT molecular complexity index is 201. The molecule has 0 fully saturated rings. The maximum atomic E-state index is 11.1. The number of rotatable bonds is 8. The summed E-state index contributed by atoms with van der Waals surface area (Å²) in [6.07, 6.45) is 2.56. The van der Waals surface area contributed by atoms with Gasteiger partial charge in [0.05, 0.1) is 6.61 Å². The van der Waals surface area contributed by atoms with Crippen LogP contribution in [0.15, 0.2) is 0 Å². The molecule has 0 bridgehead atoms. The van der Waals surface area contributed by atoms with Gasteiger partial charge in [-0.25, -0.2) is 0 Å². The minimum Gasteiger partial charge on any atom is -0.481 e. The summed E-state index contributed by atoms with van der Waals surface area (Å²) in [7, 11) is 0. The van der Waals surface area contributed by atoms with Crippen LogP contribution in [0.5, 0.6) is 0 Å². The van der Waals surface area contributed by atoms with Crippen LogP contribution in [0.2, 0.25) is 0 Å². The highest BCUT2D eigenvalue weighted by molar-refractivity contribution is 5.69. The molecule has 4 nitrogen and oxygen atoms in total. The lowest BCUT2D eigenvalue weighted by Crippen LogP contribution is -2.11. The standard InChI is InChI=1S/C11H20O4/c1-3-9(2)8-15-11(14)7-5-4-6-10(12)13/h9H,3-8H2,1-2H3,(H,12,13). The fourth-order valence-corrected chi connectivity index (χ4v) is 0.971. The molecule has 0 aliphatic heterocycles. The Kier molecular flexibility index (Phi) is 7.68. The second kappa shape index (κ2) is 8.26. The van der Waals surface area contributed by atoms with Crippen molar-refractivity contribution in [3.8, 4) is 0 Å². The van der Waals surface area contributed by atoms with Crippen molar-refractivity contribution in [2.45, 2.75) is 46.0 Å². The van der Waals surface area contributed by atoms with Crippen LogP contribution in [0.3, 0.4) is 0 Å². The van der Waals surface area contributed by atoms with Crippen molar-refractivity contribution in [2.75, 3.05) is 6.61 Å². The van der Waals surface area contributed by atoms with Crippen molar-refractivity contribution >= 4 is 11.9 Å². The molecule has 0 spiro atoms. The predicted octanol–water partition coefficient (Wildman–Crippen LogP) is 2.22. The lowest BCUT2D eigenvalue weighted by Gasteiger charge is -2.09. The first-order chi connectivity index (χ1) is 7.06. The Balaban J connectivity index is 3.37. The van der Waals surface area contributed by atoms with Gasteiger partial charge in [0.15, 0.2) is 0 Å². The Hall–Kier alpha value is -1.06. The molecule has 0 aromatic heterocycles. The highest BCUT2D eigenvalue weighted by Crippen LogP contribution is 2.04. The summed E-state index contributed by atoms with van der Waals surface area (Å²) in [6.45, 7) is 4.54. The molecule has 0 aliphatic carbocycles. The molecule has 0 rings (SSSR count). The first-order valence-electron chi connectivity index (χ1n) is 5.43. The molecule has 0 aromatic carbocycles. The van der Waals surface area contributed by atoms with E-state index >= 15 is 0 Å². The Labute approximate surface area is 90.6 Å². The van der Waals surface area contributed by atoms with Crippen LogP contribution in [0.4, 0.5) is 0 Å². The van der Waals surface area contributed by atoms with E-state index in [1.165, 1.54) is 0 Å². The number of aliphatic carboxylic acids is 1. The van der Waals surface area contributed by atoms with Crippen molar-refractivity contribution < 1.29 is 19.4 Å². The molecule has 0 aliphatic rings. The van der Waals surface area contributed by atoms with Crippen LogP contribution in [0, 0.1) is 5.92 Å². The molecule has 0 saturated heterocycles. The van der Waals surface area contributed by atoms with Gasteiger partial charge >= 0.3 is 11.9 Å². The van der Waals surface area contributed by atoms with E-state index in [9.17, 15) is 9.59 Å². The smallest absolute Gasteiger partial charge is 0.305 e. The molecule has 0 amide bonds. The second-order valence-electron chi connectivity index (χ2n) is 3.80. The Morgan fingerprint density at radius 1 is 1.27 bits per heavy atom. The summed E-state index contributed by atoms with van der Waals surface area (Å²) < 4.78 is 5.02. The van der Waals surface area contributed by atoms with Crippen LogP contribution in [-0.4, -0.2) is 23.7 Å². The summed E-state index contributed by atoms with van der Waals surface area (Å²) >= 11 is 0. The van der Waals surface area contributed by atoms with Crippen molar-refractivity contribution in [3.63, 3.8) is 0 Å². The van der Waals surface area contributed by atoms with Gasteiger partial charge in [-0.3, -0.25) is 9.59 Å². The lowest BCUT2D eigenvalue weighted by molar-refractivity contribution is -0.145. The van der Waals surface area contributed by atoms with E-state index in [0.717, 1.165) is 6.42 Å². The van der Waals surface area contributed by atoms with Crippen molar-refractivity contribution in [3.05, 3.63) is 0 Å². The van der Waals surface area contributed by atoms with Gasteiger partial charge in [-0.2, -0.15) is 0 Å². The SMILES string of the molecule is CCC(C)COC(=O)CCCCC(=O)O. The molecule has 4 heteroatoms. The average molecular weight is 216 g/mol. The van der Waals surface area contributed by atoms with Gasteiger partial charge in [-0.05, 0) is 18.8 Å². The summed E-state index contributed by atoms with van der Waals surface area (Å²) in [5, 5.41) is 8.37. The summed E-state index contributed by atoms with van der Waals surface area (Å²) in [4.78, 5) is 21.3. The highest BCUT2D eigenvalue weighted by atomic mass is 16.5. The largest absolute Gasteiger partial charge is 0.481 e. The number of hydrogen-bond acceptors (Lipinski definition) is 3. The minimum atomic E-state index is -0.817. The van der Waals surface area contributed by atoms with E-state index in [2.05, 4.69) is 0 Å². The van der Waals surface area contributed by atoms with Gasteiger partial charge < -0.3 is 9.84 Å².